The maximum Gasteiger partial charge on any atom is 0.251 e. The summed E-state index contributed by atoms with van der Waals surface area (Å²) in [5, 5.41) is 12.2. The van der Waals surface area contributed by atoms with Gasteiger partial charge in [-0.15, -0.1) is 11.8 Å². The number of amides is 1. The highest BCUT2D eigenvalue weighted by atomic mass is 32.2. The minimum absolute atomic E-state index is 0.0190. The molecule has 4 heteroatoms. The van der Waals surface area contributed by atoms with E-state index in [0.717, 1.165) is 37.0 Å². The zero-order valence-corrected chi connectivity index (χ0v) is 12.8. The molecule has 0 aromatic heterocycles. The fourth-order valence-corrected chi connectivity index (χ4v) is 3.29. The molecule has 20 heavy (non-hydrogen) atoms. The number of nitrogens with one attached hydrogen (secondary N) is 1. The van der Waals surface area contributed by atoms with Crippen LogP contribution in [0.2, 0.25) is 0 Å². The number of hydrogen-bond acceptors (Lipinski definition) is 3. The van der Waals surface area contributed by atoms with Crippen LogP contribution in [0.1, 0.15) is 43.0 Å². The van der Waals surface area contributed by atoms with Gasteiger partial charge in [-0.05, 0) is 61.6 Å². The van der Waals surface area contributed by atoms with Gasteiger partial charge in [0.1, 0.15) is 0 Å². The molecule has 1 fully saturated rings. The number of aliphatic hydroxyl groups is 1. The van der Waals surface area contributed by atoms with Gasteiger partial charge in [0.25, 0.3) is 5.91 Å². The predicted molar refractivity (Wildman–Crippen MR) is 83.1 cm³/mol. The molecule has 0 atom stereocenters. The molecule has 3 nitrogen and oxygen atoms in total. The number of aliphatic hydroxyl groups excluding tert-OH is 1. The van der Waals surface area contributed by atoms with Crippen LogP contribution in [0.4, 0.5) is 0 Å². The summed E-state index contributed by atoms with van der Waals surface area (Å²) >= 11 is 1.78. The van der Waals surface area contributed by atoms with E-state index in [1.54, 1.807) is 11.8 Å². The summed E-state index contributed by atoms with van der Waals surface area (Å²) in [6.45, 7) is 2.39. The molecule has 1 aliphatic carbocycles. The van der Waals surface area contributed by atoms with E-state index in [4.69, 9.17) is 5.11 Å². The second-order valence-corrected chi connectivity index (χ2v) is 6.67. The Balaban J connectivity index is 1.85. The van der Waals surface area contributed by atoms with Crippen LogP contribution in [0.3, 0.4) is 0 Å². The number of thioether (sulfide) groups is 1. The molecule has 0 aliphatic heterocycles. The van der Waals surface area contributed by atoms with Gasteiger partial charge >= 0.3 is 0 Å². The van der Waals surface area contributed by atoms with Crippen molar-refractivity contribution in [3.8, 4) is 0 Å². The lowest BCUT2D eigenvalue weighted by atomic mass is 9.86. The van der Waals surface area contributed by atoms with E-state index in [2.05, 4.69) is 12.2 Å². The standard InChI is InChI=1S/C16H23NO2S/c1-2-20-15-9-5-13(6-10-15)16(19)17-14-7-3-12(11-18)4-8-14/h5-6,9-10,12,14,18H,2-4,7-8,11H2,1H3,(H,17,19). The summed E-state index contributed by atoms with van der Waals surface area (Å²) in [5.41, 5.74) is 0.731. The fourth-order valence-electron chi connectivity index (χ4n) is 2.63. The van der Waals surface area contributed by atoms with Crippen molar-refractivity contribution in [3.05, 3.63) is 29.8 Å². The van der Waals surface area contributed by atoms with Gasteiger partial charge in [-0.2, -0.15) is 0 Å². The zero-order valence-electron chi connectivity index (χ0n) is 12.0. The van der Waals surface area contributed by atoms with E-state index in [9.17, 15) is 4.79 Å². The topological polar surface area (TPSA) is 49.3 Å². The number of carbonyl (C=O) groups excluding carboxylic acids is 1. The molecule has 0 saturated heterocycles. The molecule has 110 valence electrons. The zero-order chi connectivity index (χ0) is 14.4. The van der Waals surface area contributed by atoms with Gasteiger partial charge in [0.2, 0.25) is 0 Å². The highest BCUT2D eigenvalue weighted by Crippen LogP contribution is 2.24. The van der Waals surface area contributed by atoms with E-state index in [1.807, 2.05) is 24.3 Å². The number of hydrogen-bond donors (Lipinski definition) is 2. The lowest BCUT2D eigenvalue weighted by Gasteiger charge is -2.27. The number of benzene rings is 1. The Labute approximate surface area is 125 Å². The monoisotopic (exact) mass is 293 g/mol. The van der Waals surface area contributed by atoms with Crippen LogP contribution in [0.15, 0.2) is 29.2 Å². The molecular weight excluding hydrogens is 270 g/mol. The second-order valence-electron chi connectivity index (χ2n) is 5.33. The highest BCUT2D eigenvalue weighted by Gasteiger charge is 2.22. The van der Waals surface area contributed by atoms with Gasteiger partial charge < -0.3 is 10.4 Å². The largest absolute Gasteiger partial charge is 0.396 e. The van der Waals surface area contributed by atoms with Crippen LogP contribution in [0.5, 0.6) is 0 Å². The summed E-state index contributed by atoms with van der Waals surface area (Å²) < 4.78 is 0. The van der Waals surface area contributed by atoms with Crippen LogP contribution in [-0.4, -0.2) is 29.4 Å². The van der Waals surface area contributed by atoms with E-state index in [-0.39, 0.29) is 18.6 Å². The first-order valence-corrected chi connectivity index (χ1v) is 8.36. The first-order chi connectivity index (χ1) is 9.72. The summed E-state index contributed by atoms with van der Waals surface area (Å²) in [4.78, 5) is 13.4. The molecule has 2 rings (SSSR count). The average Bonchev–Trinajstić information content (AvgIpc) is 2.49. The third kappa shape index (κ3) is 4.25. The molecule has 1 amide bonds. The van der Waals surface area contributed by atoms with E-state index >= 15 is 0 Å². The SMILES string of the molecule is CCSc1ccc(C(=O)NC2CCC(CO)CC2)cc1. The van der Waals surface area contributed by atoms with Gasteiger partial charge in [-0.25, -0.2) is 0 Å². The normalized spacial score (nSPS) is 22.5. The Morgan fingerprint density at radius 3 is 2.45 bits per heavy atom. The quantitative estimate of drug-likeness (QED) is 0.820. The van der Waals surface area contributed by atoms with Crippen LogP contribution in [0, 0.1) is 5.92 Å². The predicted octanol–water partition coefficient (Wildman–Crippen LogP) is 3.08. The average molecular weight is 293 g/mol. The third-order valence-electron chi connectivity index (χ3n) is 3.87. The van der Waals surface area contributed by atoms with Crippen molar-refractivity contribution in [3.63, 3.8) is 0 Å². The second kappa shape index (κ2) is 7.70. The molecule has 0 heterocycles. The Morgan fingerprint density at radius 1 is 1.25 bits per heavy atom. The van der Waals surface area contributed by atoms with Gasteiger partial charge in [-0.3, -0.25) is 4.79 Å². The van der Waals surface area contributed by atoms with Crippen molar-refractivity contribution in [2.24, 2.45) is 5.92 Å². The number of rotatable bonds is 5. The van der Waals surface area contributed by atoms with Crippen molar-refractivity contribution in [1.29, 1.82) is 0 Å². The smallest absolute Gasteiger partial charge is 0.251 e. The van der Waals surface area contributed by atoms with E-state index < -0.39 is 0 Å². The van der Waals surface area contributed by atoms with Gasteiger partial charge in [0, 0.05) is 23.1 Å². The molecular formula is C16H23NO2S. The Morgan fingerprint density at radius 2 is 1.90 bits per heavy atom. The van der Waals surface area contributed by atoms with Crippen molar-refractivity contribution >= 4 is 17.7 Å². The fraction of sp³-hybridized carbons (Fsp3) is 0.562. The van der Waals surface area contributed by atoms with Crippen LogP contribution in [0.25, 0.3) is 0 Å². The highest BCUT2D eigenvalue weighted by molar-refractivity contribution is 7.99. The third-order valence-corrected chi connectivity index (χ3v) is 4.76. The molecule has 0 unspecified atom stereocenters. The minimum atomic E-state index is 0.0190. The van der Waals surface area contributed by atoms with Gasteiger partial charge in [0.15, 0.2) is 0 Å². The summed E-state index contributed by atoms with van der Waals surface area (Å²) in [7, 11) is 0. The van der Waals surface area contributed by atoms with Crippen molar-refractivity contribution in [2.75, 3.05) is 12.4 Å². The molecule has 1 aromatic rings. The van der Waals surface area contributed by atoms with E-state index in [1.165, 1.54) is 4.90 Å². The van der Waals surface area contributed by atoms with Crippen molar-refractivity contribution in [2.45, 2.75) is 43.5 Å². The molecule has 1 saturated carbocycles. The molecule has 2 N–H and O–H groups in total. The minimum Gasteiger partial charge on any atom is -0.396 e. The lowest BCUT2D eigenvalue weighted by molar-refractivity contribution is 0.0914. The molecule has 0 spiro atoms. The first kappa shape index (κ1) is 15.4. The summed E-state index contributed by atoms with van der Waals surface area (Å²) in [6.07, 6.45) is 3.96. The summed E-state index contributed by atoms with van der Waals surface area (Å²) in [5.74, 6) is 1.48. The van der Waals surface area contributed by atoms with E-state index in [0.29, 0.717) is 5.92 Å². The molecule has 0 bridgehead atoms. The van der Waals surface area contributed by atoms with Crippen LogP contribution < -0.4 is 5.32 Å². The first-order valence-electron chi connectivity index (χ1n) is 7.37. The molecule has 1 aromatic carbocycles. The maximum absolute atomic E-state index is 12.2. The molecule has 0 radical (unpaired) electrons. The van der Waals surface area contributed by atoms with Gasteiger partial charge in [0.05, 0.1) is 0 Å². The maximum atomic E-state index is 12.2. The number of carbonyl (C=O) groups is 1. The van der Waals surface area contributed by atoms with Crippen molar-refractivity contribution in [1.82, 2.24) is 5.32 Å². The Bertz CT molecular complexity index is 425. The molecule has 1 aliphatic rings. The lowest BCUT2D eigenvalue weighted by Crippen LogP contribution is -2.38. The Kier molecular flexibility index (Phi) is 5.92. The van der Waals surface area contributed by atoms with Crippen LogP contribution in [-0.2, 0) is 0 Å². The van der Waals surface area contributed by atoms with Crippen molar-refractivity contribution < 1.29 is 9.90 Å². The van der Waals surface area contributed by atoms with Gasteiger partial charge in [-0.1, -0.05) is 6.92 Å². The van der Waals surface area contributed by atoms with Crippen LogP contribution >= 0.6 is 11.8 Å². The summed E-state index contributed by atoms with van der Waals surface area (Å²) in [6, 6.07) is 8.06. The Hall–Kier alpha value is -1.00.